The Morgan fingerprint density at radius 1 is 1.40 bits per heavy atom. The van der Waals surface area contributed by atoms with Crippen LogP contribution >= 0.6 is 0 Å². The number of nitrogens with two attached hydrogens (primary N) is 1. The number of nitrogens with zero attached hydrogens (tertiary/aromatic N) is 1. The second-order valence-corrected chi connectivity index (χ2v) is 4.53. The fourth-order valence-corrected chi connectivity index (χ4v) is 2.02. The number of carbonyl (C=O) groups excluding carboxylic acids is 1. The topological polar surface area (TPSA) is 67.6 Å². The van der Waals surface area contributed by atoms with E-state index < -0.39 is 0 Å². The van der Waals surface area contributed by atoms with E-state index in [1.54, 1.807) is 0 Å². The minimum Gasteiger partial charge on any atom is -0.379 e. The molecule has 0 aromatic rings. The maximum absolute atomic E-state index is 11.6. The molecule has 0 radical (unpaired) electrons. The zero-order valence-electron chi connectivity index (χ0n) is 9.00. The van der Waals surface area contributed by atoms with Gasteiger partial charge in [-0.05, 0) is 19.3 Å². The van der Waals surface area contributed by atoms with E-state index in [-0.39, 0.29) is 11.4 Å². The van der Waals surface area contributed by atoms with Crippen LogP contribution in [-0.2, 0) is 9.53 Å². The smallest absolute Gasteiger partial charge is 0.236 e. The summed E-state index contributed by atoms with van der Waals surface area (Å²) < 4.78 is 5.20. The number of rotatable bonds is 3. The molecule has 1 heterocycles. The first-order chi connectivity index (χ1) is 7.18. The molecule has 1 aliphatic carbocycles. The van der Waals surface area contributed by atoms with Crippen molar-refractivity contribution in [2.75, 3.05) is 26.3 Å². The molecule has 5 nitrogen and oxygen atoms in total. The highest BCUT2D eigenvalue weighted by Gasteiger charge is 2.34. The quantitative estimate of drug-likeness (QED) is 0.670. The van der Waals surface area contributed by atoms with E-state index >= 15 is 0 Å². The third-order valence-electron chi connectivity index (χ3n) is 3.16. The fourth-order valence-electron chi connectivity index (χ4n) is 2.02. The van der Waals surface area contributed by atoms with Crippen LogP contribution in [-0.4, -0.2) is 42.8 Å². The van der Waals surface area contributed by atoms with E-state index in [4.69, 9.17) is 10.5 Å². The monoisotopic (exact) mass is 213 g/mol. The van der Waals surface area contributed by atoms with E-state index in [1.807, 2.05) is 5.01 Å². The largest absolute Gasteiger partial charge is 0.379 e. The Balaban J connectivity index is 1.71. The number of ether oxygens (including phenoxy) is 1. The van der Waals surface area contributed by atoms with Crippen LogP contribution in [0.15, 0.2) is 0 Å². The molecular formula is C10H19N3O2. The van der Waals surface area contributed by atoms with Gasteiger partial charge in [0.1, 0.15) is 0 Å². The Hall–Kier alpha value is -0.650. The zero-order chi connectivity index (χ0) is 10.7. The Kier molecular flexibility index (Phi) is 3.23. The third-order valence-corrected chi connectivity index (χ3v) is 3.16. The van der Waals surface area contributed by atoms with E-state index in [1.165, 1.54) is 0 Å². The average molecular weight is 213 g/mol. The summed E-state index contributed by atoms with van der Waals surface area (Å²) in [7, 11) is 0. The van der Waals surface area contributed by atoms with Gasteiger partial charge >= 0.3 is 0 Å². The van der Waals surface area contributed by atoms with Gasteiger partial charge in [0, 0.05) is 25.0 Å². The second-order valence-electron chi connectivity index (χ2n) is 4.53. The van der Waals surface area contributed by atoms with Gasteiger partial charge in [0.2, 0.25) is 5.91 Å². The summed E-state index contributed by atoms with van der Waals surface area (Å²) in [6, 6.07) is 0. The van der Waals surface area contributed by atoms with Crippen LogP contribution in [0.25, 0.3) is 0 Å². The molecule has 0 aromatic carbocycles. The van der Waals surface area contributed by atoms with Gasteiger partial charge in [-0.25, -0.2) is 5.01 Å². The van der Waals surface area contributed by atoms with Gasteiger partial charge in [0.15, 0.2) is 0 Å². The van der Waals surface area contributed by atoms with Crippen molar-refractivity contribution in [1.82, 2.24) is 10.4 Å². The molecule has 2 aliphatic rings. The van der Waals surface area contributed by atoms with Crippen LogP contribution in [0.1, 0.15) is 25.7 Å². The average Bonchev–Trinajstić information content (AvgIpc) is 2.16. The number of amides is 1. The molecule has 0 spiro atoms. The van der Waals surface area contributed by atoms with Crippen LogP contribution in [0.3, 0.4) is 0 Å². The van der Waals surface area contributed by atoms with Gasteiger partial charge in [0.05, 0.1) is 13.2 Å². The molecular weight excluding hydrogens is 194 g/mol. The summed E-state index contributed by atoms with van der Waals surface area (Å²) in [5.41, 5.74) is 8.66. The van der Waals surface area contributed by atoms with Crippen LogP contribution in [0.5, 0.6) is 0 Å². The Labute approximate surface area is 89.9 Å². The normalized spacial score (nSPS) is 25.7. The van der Waals surface area contributed by atoms with E-state index in [0.29, 0.717) is 19.6 Å². The predicted octanol–water partition coefficient (Wildman–Crippen LogP) is -0.379. The maximum Gasteiger partial charge on any atom is 0.236 e. The molecule has 2 rings (SSSR count). The Morgan fingerprint density at radius 2 is 2.07 bits per heavy atom. The Bertz CT molecular complexity index is 235. The van der Waals surface area contributed by atoms with Gasteiger partial charge in [-0.1, -0.05) is 0 Å². The highest BCUT2D eigenvalue weighted by molar-refractivity contribution is 5.76. The summed E-state index contributed by atoms with van der Waals surface area (Å²) >= 11 is 0. The SMILES string of the molecule is NC1(CC(=O)NN2CCOCC2)CCC1. The number of hydrogen-bond acceptors (Lipinski definition) is 4. The number of morpholine rings is 1. The Morgan fingerprint density at radius 3 is 2.60 bits per heavy atom. The lowest BCUT2D eigenvalue weighted by Crippen LogP contribution is -2.54. The van der Waals surface area contributed by atoms with E-state index in [2.05, 4.69) is 5.43 Å². The van der Waals surface area contributed by atoms with Crippen molar-refractivity contribution in [3.63, 3.8) is 0 Å². The minimum atomic E-state index is -0.226. The lowest BCUT2D eigenvalue weighted by molar-refractivity contribution is -0.129. The molecule has 0 bridgehead atoms. The van der Waals surface area contributed by atoms with Crippen LogP contribution in [0.4, 0.5) is 0 Å². The second kappa shape index (κ2) is 4.47. The van der Waals surface area contributed by atoms with Gasteiger partial charge in [-0.2, -0.15) is 0 Å². The first kappa shape index (κ1) is 10.9. The molecule has 5 heteroatoms. The van der Waals surface area contributed by atoms with Gasteiger partial charge in [0.25, 0.3) is 0 Å². The van der Waals surface area contributed by atoms with Gasteiger partial charge in [-0.3, -0.25) is 10.2 Å². The highest BCUT2D eigenvalue weighted by Crippen LogP contribution is 2.31. The molecule has 3 N–H and O–H groups in total. The van der Waals surface area contributed by atoms with Crippen LogP contribution in [0.2, 0.25) is 0 Å². The number of carbonyl (C=O) groups is 1. The van der Waals surface area contributed by atoms with Crippen molar-refractivity contribution in [2.45, 2.75) is 31.2 Å². The summed E-state index contributed by atoms with van der Waals surface area (Å²) in [6.07, 6.45) is 3.55. The number of hydrogen-bond donors (Lipinski definition) is 2. The van der Waals surface area contributed by atoms with Crippen molar-refractivity contribution in [1.29, 1.82) is 0 Å². The summed E-state index contributed by atoms with van der Waals surface area (Å²) in [4.78, 5) is 11.6. The zero-order valence-corrected chi connectivity index (χ0v) is 9.00. The summed E-state index contributed by atoms with van der Waals surface area (Å²) in [5.74, 6) is 0.0408. The molecule has 0 atom stereocenters. The van der Waals surface area contributed by atoms with Gasteiger partial charge in [-0.15, -0.1) is 0 Å². The van der Waals surface area contributed by atoms with Crippen molar-refractivity contribution >= 4 is 5.91 Å². The minimum absolute atomic E-state index is 0.0408. The molecule has 86 valence electrons. The van der Waals surface area contributed by atoms with E-state index in [0.717, 1.165) is 32.4 Å². The van der Waals surface area contributed by atoms with E-state index in [9.17, 15) is 4.79 Å². The van der Waals surface area contributed by atoms with Crippen molar-refractivity contribution in [3.05, 3.63) is 0 Å². The van der Waals surface area contributed by atoms with Crippen molar-refractivity contribution in [3.8, 4) is 0 Å². The summed E-state index contributed by atoms with van der Waals surface area (Å²) in [6.45, 7) is 2.91. The van der Waals surface area contributed by atoms with Crippen molar-refractivity contribution in [2.24, 2.45) is 5.73 Å². The highest BCUT2D eigenvalue weighted by atomic mass is 16.5. The number of nitrogens with one attached hydrogen (secondary N) is 1. The molecule has 1 saturated carbocycles. The standard InChI is InChI=1S/C10H19N3O2/c11-10(2-1-3-10)8-9(14)12-13-4-6-15-7-5-13/h1-8,11H2,(H,12,14). The first-order valence-corrected chi connectivity index (χ1v) is 5.59. The molecule has 1 saturated heterocycles. The molecule has 2 fully saturated rings. The van der Waals surface area contributed by atoms with Gasteiger partial charge < -0.3 is 10.5 Å². The lowest BCUT2D eigenvalue weighted by Gasteiger charge is -2.38. The molecule has 0 unspecified atom stereocenters. The third kappa shape index (κ3) is 2.90. The molecule has 15 heavy (non-hydrogen) atoms. The lowest BCUT2D eigenvalue weighted by atomic mass is 9.75. The number of hydrazine groups is 1. The molecule has 1 amide bonds. The fraction of sp³-hybridized carbons (Fsp3) is 0.900. The predicted molar refractivity (Wildman–Crippen MR) is 55.9 cm³/mol. The first-order valence-electron chi connectivity index (χ1n) is 5.59. The van der Waals surface area contributed by atoms with Crippen molar-refractivity contribution < 1.29 is 9.53 Å². The summed E-state index contributed by atoms with van der Waals surface area (Å²) in [5, 5.41) is 1.91. The van der Waals surface area contributed by atoms with Crippen LogP contribution < -0.4 is 11.2 Å². The maximum atomic E-state index is 11.6. The van der Waals surface area contributed by atoms with Crippen LogP contribution in [0, 0.1) is 0 Å². The molecule has 0 aromatic heterocycles. The molecule has 1 aliphatic heterocycles.